The van der Waals surface area contributed by atoms with Crippen molar-refractivity contribution >= 4 is 34.3 Å². The van der Waals surface area contributed by atoms with E-state index in [0.29, 0.717) is 30.2 Å². The van der Waals surface area contributed by atoms with Crippen molar-refractivity contribution in [1.29, 1.82) is 0 Å². The van der Waals surface area contributed by atoms with Crippen molar-refractivity contribution in [1.82, 2.24) is 9.55 Å². The van der Waals surface area contributed by atoms with Crippen LogP contribution >= 0.6 is 11.8 Å². The predicted octanol–water partition coefficient (Wildman–Crippen LogP) is 2.72. The first-order chi connectivity index (χ1) is 15.0. The molecule has 0 amide bonds. The number of hydrogen-bond acceptors (Lipinski definition) is 7. The number of rotatable bonds is 1. The lowest BCUT2D eigenvalue weighted by Gasteiger charge is -2.21. The summed E-state index contributed by atoms with van der Waals surface area (Å²) in [6, 6.07) is 5.83. The molecule has 0 saturated carbocycles. The molecule has 31 heavy (non-hydrogen) atoms. The molecule has 4 aliphatic rings. The Balaban J connectivity index is 1.52. The number of esters is 1. The van der Waals surface area contributed by atoms with Crippen LogP contribution in [0.25, 0.3) is 22.3 Å². The van der Waals surface area contributed by atoms with E-state index in [1.54, 1.807) is 16.3 Å². The third-order valence-corrected chi connectivity index (χ3v) is 8.90. The molecule has 7 rings (SSSR count). The van der Waals surface area contributed by atoms with Crippen molar-refractivity contribution in [2.24, 2.45) is 0 Å². The number of nitrogens with two attached hydrogens (primary N) is 1. The SMILES string of the molecule is CCC12SC1C(=O)OCc1c2cc2n(c1=O)Cc1c-2nc2ccc(N)c3c2c1CCO3. The molecule has 1 saturated heterocycles. The summed E-state index contributed by atoms with van der Waals surface area (Å²) in [5, 5.41) is 0.736. The first-order valence-corrected chi connectivity index (χ1v) is 11.4. The second-order valence-corrected chi connectivity index (χ2v) is 9.99. The molecule has 6 heterocycles. The van der Waals surface area contributed by atoms with Crippen molar-refractivity contribution < 1.29 is 14.3 Å². The maximum absolute atomic E-state index is 13.6. The van der Waals surface area contributed by atoms with Crippen LogP contribution in [-0.2, 0) is 33.9 Å². The second kappa shape index (κ2) is 5.62. The molecule has 0 bridgehead atoms. The Morgan fingerprint density at radius 3 is 2.97 bits per heavy atom. The van der Waals surface area contributed by atoms with Gasteiger partial charge in [-0.05, 0) is 35.7 Å². The largest absolute Gasteiger partial charge is 0.490 e. The van der Waals surface area contributed by atoms with Crippen LogP contribution in [0.3, 0.4) is 0 Å². The highest BCUT2D eigenvalue weighted by Gasteiger charge is 2.63. The highest BCUT2D eigenvalue weighted by Crippen LogP contribution is 2.65. The third-order valence-electron chi connectivity index (χ3n) is 7.16. The van der Waals surface area contributed by atoms with Crippen LogP contribution in [0.5, 0.6) is 5.75 Å². The molecule has 2 atom stereocenters. The minimum atomic E-state index is -0.360. The summed E-state index contributed by atoms with van der Waals surface area (Å²) in [6.45, 7) is 3.13. The van der Waals surface area contributed by atoms with Crippen molar-refractivity contribution in [2.75, 3.05) is 12.3 Å². The Morgan fingerprint density at radius 1 is 1.26 bits per heavy atom. The lowest BCUT2D eigenvalue weighted by atomic mass is 9.90. The molecule has 3 aromatic rings. The minimum absolute atomic E-state index is 0.0409. The second-order valence-electron chi connectivity index (χ2n) is 8.56. The van der Waals surface area contributed by atoms with E-state index in [4.69, 9.17) is 20.2 Å². The van der Waals surface area contributed by atoms with Crippen molar-refractivity contribution in [3.8, 4) is 17.1 Å². The minimum Gasteiger partial charge on any atom is -0.490 e. The number of benzene rings is 1. The van der Waals surface area contributed by atoms with E-state index in [2.05, 4.69) is 13.0 Å². The summed E-state index contributed by atoms with van der Waals surface area (Å²) in [6.07, 6.45) is 1.53. The highest BCUT2D eigenvalue weighted by atomic mass is 32.2. The topological polar surface area (TPSA) is 96.4 Å². The van der Waals surface area contributed by atoms with Gasteiger partial charge in [-0.15, -0.1) is 11.8 Å². The number of nitrogens with zero attached hydrogens (tertiary/aromatic N) is 2. The smallest absolute Gasteiger partial charge is 0.321 e. The predicted molar refractivity (Wildman–Crippen MR) is 117 cm³/mol. The van der Waals surface area contributed by atoms with E-state index in [1.807, 2.05) is 12.1 Å². The molecule has 2 aromatic heterocycles. The fourth-order valence-electron chi connectivity index (χ4n) is 5.54. The van der Waals surface area contributed by atoms with Gasteiger partial charge in [-0.2, -0.15) is 0 Å². The summed E-state index contributed by atoms with van der Waals surface area (Å²) < 4.78 is 12.7. The number of nitrogen functional groups attached to an aromatic ring is 1. The van der Waals surface area contributed by atoms with E-state index in [9.17, 15) is 9.59 Å². The molecular formula is C23H19N3O4S. The van der Waals surface area contributed by atoms with Gasteiger partial charge in [0.25, 0.3) is 5.56 Å². The van der Waals surface area contributed by atoms with Crippen LogP contribution in [0.2, 0.25) is 0 Å². The number of hydrogen-bond donors (Lipinski definition) is 1. The number of pyridine rings is 2. The molecule has 1 aromatic carbocycles. The molecule has 0 spiro atoms. The van der Waals surface area contributed by atoms with Crippen molar-refractivity contribution in [3.05, 3.63) is 50.8 Å². The van der Waals surface area contributed by atoms with Crippen LogP contribution in [-0.4, -0.2) is 27.4 Å². The number of carbonyl (C=O) groups is 1. The van der Waals surface area contributed by atoms with Gasteiger partial charge in [-0.3, -0.25) is 9.59 Å². The van der Waals surface area contributed by atoms with Gasteiger partial charge >= 0.3 is 5.97 Å². The Bertz CT molecular complexity index is 1430. The van der Waals surface area contributed by atoms with Crippen LogP contribution in [0, 0.1) is 0 Å². The van der Waals surface area contributed by atoms with Crippen LogP contribution < -0.4 is 16.0 Å². The third kappa shape index (κ3) is 2.04. The lowest BCUT2D eigenvalue weighted by molar-refractivity contribution is -0.143. The van der Waals surface area contributed by atoms with Gasteiger partial charge < -0.3 is 19.8 Å². The van der Waals surface area contributed by atoms with E-state index in [1.165, 1.54) is 5.56 Å². The van der Waals surface area contributed by atoms with Gasteiger partial charge in [-0.1, -0.05) is 6.92 Å². The van der Waals surface area contributed by atoms with E-state index in [0.717, 1.165) is 46.3 Å². The monoisotopic (exact) mass is 433 g/mol. The highest BCUT2D eigenvalue weighted by molar-refractivity contribution is 8.09. The summed E-state index contributed by atoms with van der Waals surface area (Å²) >= 11 is 1.60. The maximum Gasteiger partial charge on any atom is 0.321 e. The van der Waals surface area contributed by atoms with Gasteiger partial charge in [0, 0.05) is 17.4 Å². The van der Waals surface area contributed by atoms with E-state index >= 15 is 0 Å². The quantitative estimate of drug-likeness (QED) is 0.280. The number of cyclic esters (lactones) is 1. The normalized spacial score (nSPS) is 24.4. The van der Waals surface area contributed by atoms with E-state index < -0.39 is 0 Å². The molecule has 1 fully saturated rings. The number of thioether (sulfide) groups is 1. The zero-order valence-electron chi connectivity index (χ0n) is 16.9. The fraction of sp³-hybridized carbons (Fsp3) is 0.348. The molecule has 7 nitrogen and oxygen atoms in total. The Labute approximate surface area is 181 Å². The number of carbonyl (C=O) groups excluding carboxylic acids is 1. The maximum atomic E-state index is 13.6. The number of aromatic nitrogens is 2. The molecule has 156 valence electrons. The van der Waals surface area contributed by atoms with Gasteiger partial charge in [0.05, 0.1) is 46.1 Å². The van der Waals surface area contributed by atoms with Crippen LogP contribution in [0.1, 0.15) is 35.6 Å². The summed E-state index contributed by atoms with van der Waals surface area (Å²) in [5.41, 5.74) is 13.0. The van der Waals surface area contributed by atoms with E-state index in [-0.39, 0.29) is 28.1 Å². The zero-order chi connectivity index (χ0) is 21.1. The first-order valence-electron chi connectivity index (χ1n) is 10.5. The van der Waals surface area contributed by atoms with Crippen LogP contribution in [0.4, 0.5) is 5.69 Å². The molecule has 8 heteroatoms. The van der Waals surface area contributed by atoms with Crippen molar-refractivity contribution in [2.45, 2.75) is 42.9 Å². The number of ether oxygens (including phenoxy) is 2. The zero-order valence-corrected chi connectivity index (χ0v) is 17.7. The Morgan fingerprint density at radius 2 is 2.13 bits per heavy atom. The van der Waals surface area contributed by atoms with Crippen molar-refractivity contribution in [3.63, 3.8) is 0 Å². The summed E-state index contributed by atoms with van der Waals surface area (Å²) in [4.78, 5) is 30.9. The fourth-order valence-corrected chi connectivity index (χ4v) is 6.92. The van der Waals surface area contributed by atoms with Gasteiger partial charge in [-0.25, -0.2) is 4.98 Å². The molecular weight excluding hydrogens is 414 g/mol. The standard InChI is InChI=1S/C23H19N3O4S/c1-2-23-13-7-16-18-11(8-26(16)21(27)12(13)9-30-22(28)20(23)31-23)10-5-6-29-19-14(24)3-4-15(25-18)17(10)19/h3-4,7,20H,2,5-6,8-9,24H2,1H3. The van der Waals surface area contributed by atoms with Gasteiger partial charge in [0.15, 0.2) is 5.75 Å². The molecule has 2 unspecified atom stereocenters. The summed E-state index contributed by atoms with van der Waals surface area (Å²) in [7, 11) is 0. The number of fused-ring (bicyclic) bond motifs is 7. The molecule has 2 N–H and O–H groups in total. The molecule has 4 aliphatic heterocycles. The molecule has 0 radical (unpaired) electrons. The Kier molecular flexibility index (Phi) is 3.20. The van der Waals surface area contributed by atoms with Crippen LogP contribution in [0.15, 0.2) is 23.0 Å². The Hall–Kier alpha value is -3.00. The average Bonchev–Trinajstić information content (AvgIpc) is 3.44. The lowest BCUT2D eigenvalue weighted by Crippen LogP contribution is -2.27. The van der Waals surface area contributed by atoms with Gasteiger partial charge in [0.1, 0.15) is 11.9 Å². The first kappa shape index (κ1) is 17.7. The summed E-state index contributed by atoms with van der Waals surface area (Å²) in [5.74, 6) is 0.480. The number of anilines is 1. The molecule has 0 aliphatic carbocycles. The van der Waals surface area contributed by atoms with Gasteiger partial charge in [0.2, 0.25) is 0 Å². The average molecular weight is 433 g/mol.